The van der Waals surface area contributed by atoms with Crippen molar-refractivity contribution in [2.75, 3.05) is 7.05 Å². The van der Waals surface area contributed by atoms with Crippen LogP contribution in [0.25, 0.3) is 0 Å². The summed E-state index contributed by atoms with van der Waals surface area (Å²) in [4.78, 5) is 2.54. The summed E-state index contributed by atoms with van der Waals surface area (Å²) in [5.41, 5.74) is 1.48. The van der Waals surface area contributed by atoms with Gasteiger partial charge in [0.2, 0.25) is 0 Å². The van der Waals surface area contributed by atoms with Crippen LogP contribution in [0.5, 0.6) is 0 Å². The largest absolute Gasteiger partial charge is 0.300 e. The average Bonchev–Trinajstić information content (AvgIpc) is 2.20. The first-order chi connectivity index (χ1) is 4.77. The lowest BCUT2D eigenvalue weighted by atomic mass is 9.99. The highest BCUT2D eigenvalue weighted by atomic mass is 15.2. The number of piperidine rings is 1. The molecule has 0 aliphatic carbocycles. The maximum Gasteiger partial charge on any atom is 0.0133 e. The molecule has 1 unspecified atom stereocenters. The predicted molar refractivity (Wildman–Crippen MR) is 42.9 cm³/mol. The molecule has 0 aromatic rings. The van der Waals surface area contributed by atoms with Crippen molar-refractivity contribution >= 4 is 0 Å². The summed E-state index contributed by atoms with van der Waals surface area (Å²) in [6.07, 6.45) is 5.32. The van der Waals surface area contributed by atoms with E-state index < -0.39 is 0 Å². The number of fused-ring (bicyclic) bond motifs is 2. The Morgan fingerprint density at radius 1 is 1.30 bits per heavy atom. The molecule has 0 aromatic heterocycles. The molecule has 2 saturated heterocycles. The Balaban J connectivity index is 2.16. The minimum atomic E-state index is 0.839. The average molecular weight is 137 g/mol. The van der Waals surface area contributed by atoms with Crippen LogP contribution in [0.2, 0.25) is 0 Å². The number of hydrogen-bond donors (Lipinski definition) is 0. The standard InChI is InChI=1S/C9H15N/c1-7-5-8-3-4-9(6-7)10(8)2/h8-9H,1,3-6H2,2H3/t8-,9?/m0/s1. The molecule has 2 rings (SSSR count). The summed E-state index contributed by atoms with van der Waals surface area (Å²) in [5, 5.41) is 0. The van der Waals surface area contributed by atoms with E-state index in [1.807, 2.05) is 0 Å². The molecule has 2 atom stereocenters. The molecule has 10 heavy (non-hydrogen) atoms. The lowest BCUT2D eigenvalue weighted by Gasteiger charge is -2.32. The third-order valence-electron chi connectivity index (χ3n) is 3.03. The Bertz CT molecular complexity index is 146. The summed E-state index contributed by atoms with van der Waals surface area (Å²) in [5.74, 6) is 0. The highest BCUT2D eigenvalue weighted by Gasteiger charge is 2.34. The van der Waals surface area contributed by atoms with Gasteiger partial charge in [0, 0.05) is 12.1 Å². The normalized spacial score (nSPS) is 40.7. The molecule has 2 aliphatic rings. The van der Waals surface area contributed by atoms with Gasteiger partial charge >= 0.3 is 0 Å². The van der Waals surface area contributed by atoms with Crippen LogP contribution in [-0.4, -0.2) is 24.0 Å². The van der Waals surface area contributed by atoms with Gasteiger partial charge in [0.1, 0.15) is 0 Å². The van der Waals surface area contributed by atoms with E-state index in [-0.39, 0.29) is 0 Å². The molecule has 1 nitrogen and oxygen atoms in total. The van der Waals surface area contributed by atoms with E-state index in [2.05, 4.69) is 18.5 Å². The van der Waals surface area contributed by atoms with Crippen molar-refractivity contribution in [1.29, 1.82) is 0 Å². The molecule has 56 valence electrons. The van der Waals surface area contributed by atoms with Gasteiger partial charge in [-0.1, -0.05) is 12.2 Å². The molecular weight excluding hydrogens is 122 g/mol. The molecule has 2 aliphatic heterocycles. The van der Waals surface area contributed by atoms with Crippen LogP contribution in [0.15, 0.2) is 12.2 Å². The van der Waals surface area contributed by atoms with Crippen LogP contribution < -0.4 is 0 Å². The fraction of sp³-hybridized carbons (Fsp3) is 0.778. The molecule has 0 amide bonds. The highest BCUT2D eigenvalue weighted by molar-refractivity contribution is 5.09. The van der Waals surface area contributed by atoms with Crippen molar-refractivity contribution in [3.05, 3.63) is 12.2 Å². The minimum Gasteiger partial charge on any atom is -0.300 e. The van der Waals surface area contributed by atoms with Crippen molar-refractivity contribution in [3.8, 4) is 0 Å². The summed E-state index contributed by atoms with van der Waals surface area (Å²) < 4.78 is 0. The van der Waals surface area contributed by atoms with Crippen LogP contribution in [0, 0.1) is 0 Å². The summed E-state index contributed by atoms with van der Waals surface area (Å²) >= 11 is 0. The fourth-order valence-corrected chi connectivity index (χ4v) is 2.33. The van der Waals surface area contributed by atoms with Crippen LogP contribution in [0.4, 0.5) is 0 Å². The molecule has 0 spiro atoms. The number of nitrogens with zero attached hydrogens (tertiary/aromatic N) is 1. The molecule has 1 heteroatoms. The number of rotatable bonds is 0. The van der Waals surface area contributed by atoms with Crippen LogP contribution in [0.3, 0.4) is 0 Å². The van der Waals surface area contributed by atoms with E-state index >= 15 is 0 Å². The zero-order chi connectivity index (χ0) is 7.14. The predicted octanol–water partition coefficient (Wildman–Crippen LogP) is 1.80. The van der Waals surface area contributed by atoms with E-state index in [4.69, 9.17) is 0 Å². The Morgan fingerprint density at radius 3 is 2.30 bits per heavy atom. The Hall–Kier alpha value is -0.300. The van der Waals surface area contributed by atoms with Gasteiger partial charge in [0.25, 0.3) is 0 Å². The first kappa shape index (κ1) is 6.41. The summed E-state index contributed by atoms with van der Waals surface area (Å²) in [6.45, 7) is 4.06. The lowest BCUT2D eigenvalue weighted by Crippen LogP contribution is -2.36. The molecule has 0 saturated carbocycles. The van der Waals surface area contributed by atoms with E-state index in [0.29, 0.717) is 0 Å². The van der Waals surface area contributed by atoms with E-state index in [9.17, 15) is 0 Å². The van der Waals surface area contributed by atoms with Crippen molar-refractivity contribution in [3.63, 3.8) is 0 Å². The highest BCUT2D eigenvalue weighted by Crippen LogP contribution is 2.35. The monoisotopic (exact) mass is 137 g/mol. The van der Waals surface area contributed by atoms with Crippen molar-refractivity contribution in [2.24, 2.45) is 0 Å². The molecule has 2 fully saturated rings. The first-order valence-electron chi connectivity index (χ1n) is 4.16. The van der Waals surface area contributed by atoms with Crippen molar-refractivity contribution in [2.45, 2.75) is 37.8 Å². The second-order valence-corrected chi connectivity index (χ2v) is 3.71. The Morgan fingerprint density at radius 2 is 1.80 bits per heavy atom. The van der Waals surface area contributed by atoms with Crippen LogP contribution >= 0.6 is 0 Å². The third kappa shape index (κ3) is 0.807. The second-order valence-electron chi connectivity index (χ2n) is 3.71. The van der Waals surface area contributed by atoms with Gasteiger partial charge in [-0.15, -0.1) is 0 Å². The molecule has 0 radical (unpaired) electrons. The van der Waals surface area contributed by atoms with Gasteiger partial charge < -0.3 is 0 Å². The Kier molecular flexibility index (Phi) is 1.34. The smallest absolute Gasteiger partial charge is 0.0133 e. The third-order valence-corrected chi connectivity index (χ3v) is 3.03. The fourth-order valence-electron chi connectivity index (χ4n) is 2.33. The van der Waals surface area contributed by atoms with E-state index in [1.54, 1.807) is 0 Å². The van der Waals surface area contributed by atoms with Gasteiger partial charge in [0.05, 0.1) is 0 Å². The van der Waals surface area contributed by atoms with Gasteiger partial charge in [-0.3, -0.25) is 4.90 Å². The molecule has 0 N–H and O–H groups in total. The van der Waals surface area contributed by atoms with Gasteiger partial charge in [0.15, 0.2) is 0 Å². The molecule has 2 heterocycles. The molecular formula is C9H15N. The molecule has 2 bridgehead atoms. The van der Waals surface area contributed by atoms with Crippen LogP contribution in [0.1, 0.15) is 25.7 Å². The SMILES string of the molecule is C=C1CC2CC[C@@H](C1)N2C. The maximum atomic E-state index is 4.06. The van der Waals surface area contributed by atoms with Crippen molar-refractivity contribution in [1.82, 2.24) is 4.90 Å². The first-order valence-corrected chi connectivity index (χ1v) is 4.16. The number of hydrogen-bond acceptors (Lipinski definition) is 1. The van der Waals surface area contributed by atoms with Gasteiger partial charge in [-0.2, -0.15) is 0 Å². The van der Waals surface area contributed by atoms with Gasteiger partial charge in [-0.25, -0.2) is 0 Å². The van der Waals surface area contributed by atoms with Crippen molar-refractivity contribution < 1.29 is 0 Å². The quantitative estimate of drug-likeness (QED) is 0.460. The Labute approximate surface area is 62.7 Å². The lowest BCUT2D eigenvalue weighted by molar-refractivity contribution is 0.210. The zero-order valence-electron chi connectivity index (χ0n) is 6.64. The second kappa shape index (κ2) is 2.09. The van der Waals surface area contributed by atoms with Crippen LogP contribution in [-0.2, 0) is 0 Å². The summed E-state index contributed by atoms with van der Waals surface area (Å²) in [7, 11) is 2.26. The summed E-state index contributed by atoms with van der Waals surface area (Å²) in [6, 6.07) is 1.68. The van der Waals surface area contributed by atoms with E-state index in [1.165, 1.54) is 31.3 Å². The minimum absolute atomic E-state index is 0.839. The van der Waals surface area contributed by atoms with Gasteiger partial charge in [-0.05, 0) is 32.7 Å². The topological polar surface area (TPSA) is 3.24 Å². The van der Waals surface area contributed by atoms with E-state index in [0.717, 1.165) is 12.1 Å². The maximum absolute atomic E-state index is 4.06. The molecule has 0 aromatic carbocycles. The zero-order valence-corrected chi connectivity index (χ0v) is 6.64.